The van der Waals surface area contributed by atoms with Crippen LogP contribution < -0.4 is 11.1 Å². The Labute approximate surface area is 125 Å². The molecule has 0 aromatic carbocycles. The Balaban J connectivity index is 1.93. The monoisotopic (exact) mass is 302 g/mol. The number of nitrogens with one attached hydrogen (secondary N) is 1. The van der Waals surface area contributed by atoms with Crippen LogP contribution in [0.2, 0.25) is 0 Å². The number of rotatable bonds is 4. The zero-order valence-corrected chi connectivity index (χ0v) is 12.4. The summed E-state index contributed by atoms with van der Waals surface area (Å²) in [5, 5.41) is 10.2. The van der Waals surface area contributed by atoms with Crippen molar-refractivity contribution in [3.05, 3.63) is 35.0 Å². The normalized spacial score (nSPS) is 11.5. The van der Waals surface area contributed by atoms with E-state index in [-0.39, 0.29) is 5.95 Å². The minimum absolute atomic E-state index is 0.132. The molecule has 0 saturated carbocycles. The molecule has 0 aliphatic carbocycles. The van der Waals surface area contributed by atoms with E-state index in [1.54, 1.807) is 36.0 Å². The van der Waals surface area contributed by atoms with Gasteiger partial charge in [-0.3, -0.25) is 0 Å². The summed E-state index contributed by atoms with van der Waals surface area (Å²) in [4.78, 5) is 16.8. The Morgan fingerprint density at radius 3 is 2.76 bits per heavy atom. The van der Waals surface area contributed by atoms with Crippen LogP contribution in [0, 0.1) is 0 Å². The van der Waals surface area contributed by atoms with E-state index in [1.165, 1.54) is 4.68 Å². The first kappa shape index (κ1) is 13.4. The third-order valence-electron chi connectivity index (χ3n) is 2.74. The van der Waals surface area contributed by atoms with Crippen molar-refractivity contribution in [3.63, 3.8) is 0 Å². The van der Waals surface area contributed by atoms with Crippen molar-refractivity contribution < 1.29 is 0 Å². The highest BCUT2D eigenvalue weighted by atomic mass is 32.1. The van der Waals surface area contributed by atoms with Gasteiger partial charge in [0, 0.05) is 24.0 Å². The standard InChI is InChI=1S/C12H14N8S/c1-12(2,8-14-5-7-21-8)19-10-16-9(13)17-11(18-10)20-6-3-4-15-20/h3-7H,1-2H3,(H3,13,16,17,18,19). The van der Waals surface area contributed by atoms with Gasteiger partial charge in [-0.25, -0.2) is 9.67 Å². The molecule has 21 heavy (non-hydrogen) atoms. The number of thiazole rings is 1. The topological polar surface area (TPSA) is 107 Å². The molecule has 108 valence electrons. The number of nitrogen functional groups attached to an aromatic ring is 1. The summed E-state index contributed by atoms with van der Waals surface area (Å²) in [7, 11) is 0. The van der Waals surface area contributed by atoms with Crippen molar-refractivity contribution in [3.8, 4) is 5.95 Å². The maximum absolute atomic E-state index is 5.75. The third-order valence-corrected chi connectivity index (χ3v) is 3.84. The van der Waals surface area contributed by atoms with E-state index in [0.717, 1.165) is 5.01 Å². The molecule has 8 nitrogen and oxygen atoms in total. The third kappa shape index (κ3) is 2.82. The van der Waals surface area contributed by atoms with Gasteiger partial charge in [0.2, 0.25) is 11.9 Å². The van der Waals surface area contributed by atoms with Crippen LogP contribution in [0.25, 0.3) is 5.95 Å². The highest BCUT2D eigenvalue weighted by Crippen LogP contribution is 2.25. The number of aromatic nitrogens is 6. The average molecular weight is 302 g/mol. The second-order valence-electron chi connectivity index (χ2n) is 4.86. The molecule has 3 rings (SSSR count). The SMILES string of the molecule is CC(C)(Nc1nc(N)nc(-n2cccn2)n1)c1nccs1. The highest BCUT2D eigenvalue weighted by Gasteiger charge is 2.24. The molecule has 0 fully saturated rings. The van der Waals surface area contributed by atoms with Crippen molar-refractivity contribution in [2.24, 2.45) is 0 Å². The Kier molecular flexibility index (Phi) is 3.26. The molecule has 0 amide bonds. The molecule has 0 atom stereocenters. The molecule has 0 unspecified atom stereocenters. The summed E-state index contributed by atoms with van der Waals surface area (Å²) in [6.45, 7) is 4.00. The number of anilines is 2. The van der Waals surface area contributed by atoms with Crippen LogP contribution in [0.15, 0.2) is 30.0 Å². The fourth-order valence-electron chi connectivity index (χ4n) is 1.79. The van der Waals surface area contributed by atoms with Crippen LogP contribution in [0.5, 0.6) is 0 Å². The van der Waals surface area contributed by atoms with E-state index in [0.29, 0.717) is 11.9 Å². The van der Waals surface area contributed by atoms with Gasteiger partial charge in [-0.05, 0) is 19.9 Å². The van der Waals surface area contributed by atoms with Gasteiger partial charge in [-0.1, -0.05) is 0 Å². The van der Waals surface area contributed by atoms with Gasteiger partial charge < -0.3 is 11.1 Å². The van der Waals surface area contributed by atoms with Crippen molar-refractivity contribution in [1.29, 1.82) is 0 Å². The van der Waals surface area contributed by atoms with Crippen LogP contribution in [-0.2, 0) is 5.54 Å². The lowest BCUT2D eigenvalue weighted by Gasteiger charge is -2.23. The Morgan fingerprint density at radius 1 is 1.24 bits per heavy atom. The molecule has 9 heteroatoms. The smallest absolute Gasteiger partial charge is 0.257 e. The van der Waals surface area contributed by atoms with E-state index >= 15 is 0 Å². The summed E-state index contributed by atoms with van der Waals surface area (Å²) < 4.78 is 1.53. The molecule has 0 aliphatic rings. The van der Waals surface area contributed by atoms with Gasteiger partial charge in [0.05, 0.1) is 5.54 Å². The molecule has 3 heterocycles. The molecule has 0 aliphatic heterocycles. The molecule has 0 saturated heterocycles. The van der Waals surface area contributed by atoms with Gasteiger partial charge in [0.15, 0.2) is 0 Å². The van der Waals surface area contributed by atoms with Crippen LogP contribution in [0.1, 0.15) is 18.9 Å². The summed E-state index contributed by atoms with van der Waals surface area (Å²) >= 11 is 1.56. The molecule has 3 N–H and O–H groups in total. The molecule has 0 bridgehead atoms. The number of nitrogens with two attached hydrogens (primary N) is 1. The van der Waals surface area contributed by atoms with Crippen LogP contribution in [-0.4, -0.2) is 29.7 Å². The predicted molar refractivity (Wildman–Crippen MR) is 80.1 cm³/mol. The van der Waals surface area contributed by atoms with E-state index in [4.69, 9.17) is 5.73 Å². The molecule has 3 aromatic rings. The lowest BCUT2D eigenvalue weighted by molar-refractivity contribution is 0.595. The largest absolute Gasteiger partial charge is 0.368 e. The first-order valence-corrected chi connectivity index (χ1v) is 7.12. The molecule has 0 spiro atoms. The number of hydrogen-bond acceptors (Lipinski definition) is 8. The van der Waals surface area contributed by atoms with E-state index in [9.17, 15) is 0 Å². The second-order valence-corrected chi connectivity index (χ2v) is 5.75. The van der Waals surface area contributed by atoms with Gasteiger partial charge in [-0.15, -0.1) is 11.3 Å². The Bertz CT molecular complexity index is 720. The minimum atomic E-state index is -0.413. The number of nitrogens with zero attached hydrogens (tertiary/aromatic N) is 6. The van der Waals surface area contributed by atoms with Gasteiger partial charge >= 0.3 is 0 Å². The minimum Gasteiger partial charge on any atom is -0.368 e. The van der Waals surface area contributed by atoms with E-state index in [1.807, 2.05) is 19.2 Å². The van der Waals surface area contributed by atoms with Gasteiger partial charge in [0.25, 0.3) is 5.95 Å². The lowest BCUT2D eigenvalue weighted by Crippen LogP contribution is -2.29. The number of hydrogen-bond donors (Lipinski definition) is 2. The quantitative estimate of drug-likeness (QED) is 0.750. The maximum atomic E-state index is 5.75. The van der Waals surface area contributed by atoms with Crippen molar-refractivity contribution in [1.82, 2.24) is 29.7 Å². The van der Waals surface area contributed by atoms with Crippen LogP contribution in [0.3, 0.4) is 0 Å². The Hall–Kier alpha value is -2.55. The maximum Gasteiger partial charge on any atom is 0.257 e. The predicted octanol–water partition coefficient (Wildman–Crippen LogP) is 1.44. The van der Waals surface area contributed by atoms with Gasteiger partial charge in [0.1, 0.15) is 5.01 Å². The first-order chi connectivity index (χ1) is 10.0. The molecule has 3 aromatic heterocycles. The first-order valence-electron chi connectivity index (χ1n) is 6.24. The highest BCUT2D eigenvalue weighted by molar-refractivity contribution is 7.09. The molecular formula is C12H14N8S. The van der Waals surface area contributed by atoms with Crippen LogP contribution in [0.4, 0.5) is 11.9 Å². The Morgan fingerprint density at radius 2 is 2.10 bits per heavy atom. The molecular weight excluding hydrogens is 288 g/mol. The van der Waals surface area contributed by atoms with Crippen LogP contribution >= 0.6 is 11.3 Å². The average Bonchev–Trinajstić information content (AvgIpc) is 3.12. The lowest BCUT2D eigenvalue weighted by atomic mass is 10.1. The van der Waals surface area contributed by atoms with Crippen molar-refractivity contribution >= 4 is 23.2 Å². The summed E-state index contributed by atoms with van der Waals surface area (Å²) in [5.41, 5.74) is 5.33. The summed E-state index contributed by atoms with van der Waals surface area (Å²) in [6, 6.07) is 1.78. The molecule has 0 radical (unpaired) electrons. The fourth-order valence-corrected chi connectivity index (χ4v) is 2.51. The summed E-state index contributed by atoms with van der Waals surface area (Å²) in [6.07, 6.45) is 5.15. The van der Waals surface area contributed by atoms with Gasteiger partial charge in [-0.2, -0.15) is 20.1 Å². The van der Waals surface area contributed by atoms with Crippen molar-refractivity contribution in [2.45, 2.75) is 19.4 Å². The van der Waals surface area contributed by atoms with Crippen molar-refractivity contribution in [2.75, 3.05) is 11.1 Å². The zero-order valence-electron chi connectivity index (χ0n) is 11.6. The second kappa shape index (κ2) is 5.09. The fraction of sp³-hybridized carbons (Fsp3) is 0.250. The van der Waals surface area contributed by atoms with E-state index in [2.05, 4.69) is 30.4 Å². The summed E-state index contributed by atoms with van der Waals surface area (Å²) in [5.74, 6) is 0.881. The zero-order chi connectivity index (χ0) is 14.9. The van der Waals surface area contributed by atoms with E-state index < -0.39 is 5.54 Å².